The molecule has 0 N–H and O–H groups in total. The Morgan fingerprint density at radius 2 is 2.29 bits per heavy atom. The van der Waals surface area contributed by atoms with Gasteiger partial charge in [0, 0.05) is 24.1 Å². The van der Waals surface area contributed by atoms with Gasteiger partial charge >= 0.3 is 5.97 Å². The number of rotatable bonds is 2. The van der Waals surface area contributed by atoms with E-state index in [2.05, 4.69) is 0 Å². The van der Waals surface area contributed by atoms with Crippen molar-refractivity contribution < 1.29 is 14.5 Å². The highest BCUT2D eigenvalue weighted by atomic mass is 16.6. The van der Waals surface area contributed by atoms with Crippen LogP contribution in [0.2, 0.25) is 0 Å². The van der Waals surface area contributed by atoms with E-state index in [-0.39, 0.29) is 17.8 Å². The second-order valence-corrected chi connectivity index (χ2v) is 3.94. The predicted molar refractivity (Wildman–Crippen MR) is 61.2 cm³/mol. The maximum Gasteiger partial charge on any atom is 0.334 e. The number of nitrogens with zero attached hydrogens (tertiary/aromatic N) is 1. The topological polar surface area (TPSA) is 69.4 Å². The summed E-state index contributed by atoms with van der Waals surface area (Å²) in [5.41, 5.74) is 1.21. The number of hydrogen-bond acceptors (Lipinski definition) is 4. The molecular formula is C12H11NO4. The van der Waals surface area contributed by atoms with E-state index < -0.39 is 4.92 Å². The number of non-ortho nitro benzene ring substituents is 1. The van der Waals surface area contributed by atoms with E-state index in [4.69, 9.17) is 4.74 Å². The number of benzene rings is 1. The fourth-order valence-corrected chi connectivity index (χ4v) is 1.74. The minimum atomic E-state index is -0.461. The Kier molecular flexibility index (Phi) is 2.91. The van der Waals surface area contributed by atoms with Crippen molar-refractivity contribution in [2.24, 2.45) is 0 Å². The van der Waals surface area contributed by atoms with Gasteiger partial charge in [-0.25, -0.2) is 4.79 Å². The minimum Gasteiger partial charge on any atom is -0.459 e. The molecule has 1 fully saturated rings. The molecule has 2 rings (SSSR count). The molecule has 0 radical (unpaired) electrons. The Labute approximate surface area is 97.9 Å². The first kappa shape index (κ1) is 11.3. The molecule has 0 amide bonds. The van der Waals surface area contributed by atoms with Crippen molar-refractivity contribution >= 4 is 17.7 Å². The molecule has 1 saturated heterocycles. The number of esters is 1. The zero-order valence-corrected chi connectivity index (χ0v) is 9.25. The second-order valence-electron chi connectivity index (χ2n) is 3.94. The van der Waals surface area contributed by atoms with E-state index in [9.17, 15) is 14.9 Å². The molecule has 0 spiro atoms. The van der Waals surface area contributed by atoms with Crippen molar-refractivity contribution in [1.29, 1.82) is 0 Å². The Morgan fingerprint density at radius 1 is 1.53 bits per heavy atom. The fraction of sp³-hybridized carbons (Fsp3) is 0.250. The van der Waals surface area contributed by atoms with Crippen LogP contribution in [0.5, 0.6) is 0 Å². The molecule has 0 aliphatic carbocycles. The summed E-state index contributed by atoms with van der Waals surface area (Å²) in [6, 6.07) is 6.16. The quantitative estimate of drug-likeness (QED) is 0.340. The lowest BCUT2D eigenvalue weighted by Crippen LogP contribution is -1.99. The number of cyclic esters (lactones) is 1. The number of nitro groups is 1. The Balaban J connectivity index is 2.29. The molecule has 17 heavy (non-hydrogen) atoms. The summed E-state index contributed by atoms with van der Waals surface area (Å²) >= 11 is 0. The van der Waals surface area contributed by atoms with Gasteiger partial charge in [-0.2, -0.15) is 0 Å². The standard InChI is InChI=1S/C12H11NO4/c1-8-5-10(12(14)17-8)6-9-3-2-4-11(7-9)13(15)16/h2-4,6-8H,5H2,1H3/b10-6+/t8-/m0/s1. The molecule has 5 nitrogen and oxygen atoms in total. The highest BCUT2D eigenvalue weighted by molar-refractivity contribution is 5.95. The molecule has 1 heterocycles. The highest BCUT2D eigenvalue weighted by Gasteiger charge is 2.25. The molecule has 1 aromatic carbocycles. The summed E-state index contributed by atoms with van der Waals surface area (Å²) in [6.07, 6.45) is 2.06. The van der Waals surface area contributed by atoms with Crippen LogP contribution < -0.4 is 0 Å². The van der Waals surface area contributed by atoms with E-state index in [1.54, 1.807) is 18.2 Å². The molecule has 1 atom stereocenters. The first-order chi connectivity index (χ1) is 8.06. The lowest BCUT2D eigenvalue weighted by Gasteiger charge is -1.95. The SMILES string of the molecule is C[C@H]1C/C(=C\c2cccc([N+](=O)[O-])c2)C(=O)O1. The smallest absolute Gasteiger partial charge is 0.334 e. The van der Waals surface area contributed by atoms with Crippen molar-refractivity contribution in [3.63, 3.8) is 0 Å². The number of hydrogen-bond donors (Lipinski definition) is 0. The van der Waals surface area contributed by atoms with Crippen LogP contribution in [0.3, 0.4) is 0 Å². The Hall–Kier alpha value is -2.17. The van der Waals surface area contributed by atoms with Gasteiger partial charge in [0.25, 0.3) is 5.69 Å². The third-order valence-corrected chi connectivity index (χ3v) is 2.50. The number of nitro benzene ring substituents is 1. The van der Waals surface area contributed by atoms with Crippen molar-refractivity contribution in [2.45, 2.75) is 19.4 Å². The molecular weight excluding hydrogens is 222 g/mol. The second kappa shape index (κ2) is 4.37. The van der Waals surface area contributed by atoms with Crippen LogP contribution in [0, 0.1) is 10.1 Å². The molecule has 5 heteroatoms. The van der Waals surface area contributed by atoms with Gasteiger partial charge in [0.2, 0.25) is 0 Å². The van der Waals surface area contributed by atoms with E-state index in [0.717, 1.165) is 0 Å². The summed E-state index contributed by atoms with van der Waals surface area (Å²) in [5, 5.41) is 10.6. The molecule has 0 saturated carbocycles. The van der Waals surface area contributed by atoms with Crippen LogP contribution in [0.1, 0.15) is 18.9 Å². The fourth-order valence-electron chi connectivity index (χ4n) is 1.74. The van der Waals surface area contributed by atoms with Crippen molar-refractivity contribution in [2.75, 3.05) is 0 Å². The van der Waals surface area contributed by atoms with Crippen molar-refractivity contribution in [3.8, 4) is 0 Å². The average Bonchev–Trinajstić information content (AvgIpc) is 2.58. The Bertz CT molecular complexity index is 507. The number of carbonyl (C=O) groups excluding carboxylic acids is 1. The number of carbonyl (C=O) groups is 1. The maximum atomic E-state index is 11.4. The monoisotopic (exact) mass is 233 g/mol. The lowest BCUT2D eigenvalue weighted by molar-refractivity contribution is -0.384. The van der Waals surface area contributed by atoms with Gasteiger partial charge in [0.15, 0.2) is 0 Å². The zero-order chi connectivity index (χ0) is 12.4. The van der Waals surface area contributed by atoms with Gasteiger partial charge < -0.3 is 4.74 Å². The van der Waals surface area contributed by atoms with Crippen LogP contribution in [0.15, 0.2) is 29.8 Å². The van der Waals surface area contributed by atoms with Gasteiger partial charge in [0.05, 0.1) is 4.92 Å². The van der Waals surface area contributed by atoms with Gasteiger partial charge in [-0.15, -0.1) is 0 Å². The first-order valence-electron chi connectivity index (χ1n) is 5.22. The predicted octanol–water partition coefficient (Wildman–Crippen LogP) is 2.31. The summed E-state index contributed by atoms with van der Waals surface area (Å²) in [6.45, 7) is 1.81. The molecule has 1 aliphatic rings. The highest BCUT2D eigenvalue weighted by Crippen LogP contribution is 2.23. The molecule has 0 unspecified atom stereocenters. The molecule has 0 bridgehead atoms. The van der Waals surface area contributed by atoms with Gasteiger partial charge in [-0.05, 0) is 18.6 Å². The van der Waals surface area contributed by atoms with Crippen LogP contribution in [-0.2, 0) is 9.53 Å². The van der Waals surface area contributed by atoms with E-state index in [0.29, 0.717) is 17.6 Å². The average molecular weight is 233 g/mol. The van der Waals surface area contributed by atoms with Crippen molar-refractivity contribution in [3.05, 3.63) is 45.5 Å². The van der Waals surface area contributed by atoms with Gasteiger partial charge in [0.1, 0.15) is 6.10 Å². The van der Waals surface area contributed by atoms with E-state index in [1.165, 1.54) is 12.1 Å². The third kappa shape index (κ3) is 2.50. The van der Waals surface area contributed by atoms with Gasteiger partial charge in [-0.1, -0.05) is 12.1 Å². The van der Waals surface area contributed by atoms with Gasteiger partial charge in [-0.3, -0.25) is 10.1 Å². The van der Waals surface area contributed by atoms with Crippen LogP contribution in [0.4, 0.5) is 5.69 Å². The molecule has 0 aromatic heterocycles. The normalized spacial score (nSPS) is 21.6. The summed E-state index contributed by atoms with van der Waals surface area (Å²) in [7, 11) is 0. The third-order valence-electron chi connectivity index (χ3n) is 2.50. The van der Waals surface area contributed by atoms with Crippen molar-refractivity contribution in [1.82, 2.24) is 0 Å². The van der Waals surface area contributed by atoms with Crippen LogP contribution in [0.25, 0.3) is 6.08 Å². The number of ether oxygens (including phenoxy) is 1. The summed E-state index contributed by atoms with van der Waals surface area (Å²) in [5.74, 6) is -0.344. The largest absolute Gasteiger partial charge is 0.459 e. The maximum absolute atomic E-state index is 11.4. The summed E-state index contributed by atoms with van der Waals surface area (Å²) < 4.78 is 4.98. The van der Waals surface area contributed by atoms with E-state index >= 15 is 0 Å². The zero-order valence-electron chi connectivity index (χ0n) is 9.25. The Morgan fingerprint density at radius 3 is 2.88 bits per heavy atom. The van der Waals surface area contributed by atoms with Crippen LogP contribution in [-0.4, -0.2) is 17.0 Å². The first-order valence-corrected chi connectivity index (χ1v) is 5.22. The minimum absolute atomic E-state index is 0.0127. The summed E-state index contributed by atoms with van der Waals surface area (Å²) in [4.78, 5) is 21.5. The lowest BCUT2D eigenvalue weighted by atomic mass is 10.1. The molecule has 88 valence electrons. The molecule has 1 aromatic rings. The van der Waals surface area contributed by atoms with Crippen LogP contribution >= 0.6 is 0 Å². The van der Waals surface area contributed by atoms with E-state index in [1.807, 2.05) is 6.92 Å². The molecule has 1 aliphatic heterocycles.